The molecule has 6 heterocycles. The van der Waals surface area contributed by atoms with E-state index in [0.29, 0.717) is 97.3 Å². The van der Waals surface area contributed by atoms with Crippen LogP contribution in [0.1, 0.15) is 157 Å². The van der Waals surface area contributed by atoms with Gasteiger partial charge in [-0.25, -0.2) is 26.8 Å². The van der Waals surface area contributed by atoms with Gasteiger partial charge in [0.05, 0.1) is 97.8 Å². The summed E-state index contributed by atoms with van der Waals surface area (Å²) in [6, 6.07) is 12.0. The number of esters is 2. The summed E-state index contributed by atoms with van der Waals surface area (Å²) in [6.07, 6.45) is 1.98. The zero-order valence-electron chi connectivity index (χ0n) is 66.8. The van der Waals surface area contributed by atoms with Crippen LogP contribution in [0, 0.1) is 58.2 Å². The molecule has 34 heteroatoms. The van der Waals surface area contributed by atoms with Gasteiger partial charge in [-0.15, -0.1) is 0 Å². The Balaban J connectivity index is 0.000000228. The molecule has 116 heavy (non-hydrogen) atoms. The first kappa shape index (κ1) is 88.3. The van der Waals surface area contributed by atoms with Gasteiger partial charge in [0, 0.05) is 74.7 Å². The number of hydrogen-bond acceptors (Lipinski definition) is 22. The van der Waals surface area contributed by atoms with Gasteiger partial charge in [0.25, 0.3) is 0 Å². The molecular weight excluding hydrogens is 1570 g/mol. The largest absolute Gasteiger partial charge is 0.494 e. The molecule has 2 aromatic heterocycles. The zero-order valence-corrected chi connectivity index (χ0v) is 68.4. The fourth-order valence-electron chi connectivity index (χ4n) is 16.6. The highest BCUT2D eigenvalue weighted by Gasteiger charge is 2.64. The molecule has 2 N–H and O–H groups in total. The van der Waals surface area contributed by atoms with Gasteiger partial charge in [-0.2, -0.15) is 26.3 Å². The Morgan fingerprint density at radius 2 is 0.879 bits per heavy atom. The van der Waals surface area contributed by atoms with Crippen LogP contribution in [0.25, 0.3) is 21.5 Å². The number of halogens is 6. The van der Waals surface area contributed by atoms with Crippen molar-refractivity contribution in [1.29, 1.82) is 0 Å². The minimum absolute atomic E-state index is 0.0124. The first-order valence-corrected chi connectivity index (χ1v) is 42.5. The number of nitrogens with one attached hydrogen (secondary N) is 2. The molecule has 0 unspecified atom stereocenters. The predicted molar refractivity (Wildman–Crippen MR) is 410 cm³/mol. The van der Waals surface area contributed by atoms with E-state index in [1.165, 1.54) is 50.6 Å². The zero-order chi connectivity index (χ0) is 84.4. The Labute approximate surface area is 671 Å². The molecule has 4 amide bonds. The summed E-state index contributed by atoms with van der Waals surface area (Å²) in [6.45, 7) is 6.48. The Kier molecular flexibility index (Phi) is 26.8. The van der Waals surface area contributed by atoms with Gasteiger partial charge in [-0.3, -0.25) is 47.8 Å². The highest BCUT2D eigenvalue weighted by atomic mass is 32.2. The lowest BCUT2D eigenvalue weighted by atomic mass is 9.81. The number of methoxy groups -OCH3 is 4. The van der Waals surface area contributed by atoms with Crippen molar-refractivity contribution in [2.75, 3.05) is 54.7 Å². The molecule has 4 aromatic rings. The normalized spacial score (nSPS) is 29.1. The quantitative estimate of drug-likeness (QED) is 0.0419. The van der Waals surface area contributed by atoms with Gasteiger partial charge in [-0.1, -0.05) is 74.5 Å². The molecular formula is C82H104F6N6O20S2. The summed E-state index contributed by atoms with van der Waals surface area (Å²) >= 11 is 0. The third-order valence-corrected chi connectivity index (χ3v) is 27.7. The minimum Gasteiger partial charge on any atom is -0.494 e. The van der Waals surface area contributed by atoms with Crippen LogP contribution in [-0.2, 0) is 77.4 Å². The topological polar surface area (TPSA) is 335 Å². The number of carbonyl (C=O) groups is 8. The average Bonchev–Trinajstić information content (AvgIpc) is 1.57. The van der Waals surface area contributed by atoms with Gasteiger partial charge in [0.1, 0.15) is 23.7 Å². The van der Waals surface area contributed by atoms with Crippen LogP contribution >= 0.6 is 0 Å². The molecule has 6 fully saturated rings. The molecule has 14 atom stereocenters. The number of allylic oxidation sites excluding steroid dienone is 4. The lowest BCUT2D eigenvalue weighted by Gasteiger charge is -2.34. The van der Waals surface area contributed by atoms with E-state index in [0.717, 1.165) is 27.7 Å². The van der Waals surface area contributed by atoms with Crippen molar-refractivity contribution >= 4 is 88.7 Å². The van der Waals surface area contributed by atoms with Crippen LogP contribution < -0.4 is 28.4 Å². The SMILES string of the molecule is COC[C@@H]1C[C@@H](C)CC/C=C\[C@@H]2C[C@@]2(C(=O)NS(=O)(=O)C2CC2)CC(=O)[C@@H]2C[C@@H](Oc3ncc(OC)c4ccccc34)CN2C(=O)[C@H]1CC(=O)OC(C)(C)C(F)(F)F.COC[C@@H]1C[C@H](C)CC/C=C\[C@@H]2C[C@@]2(C(=O)NS(=O)(=O)C2CC2)CC(=O)[C@@H]2C[C@@H](Oc3ncc(OC)c4ccccc34)CN2C(=O)[C@H]1CC(=O)OC(C)(C)C(F)(F)F. The van der Waals surface area contributed by atoms with Gasteiger partial charge in [0.2, 0.25) is 66.6 Å². The number of ketones is 2. The fourth-order valence-corrected chi connectivity index (χ4v) is 19.4. The molecule has 0 spiro atoms. The number of nitrogens with zero attached hydrogens (tertiary/aromatic N) is 4. The first-order valence-electron chi connectivity index (χ1n) is 39.4. The molecule has 636 valence electrons. The average molecular weight is 1670 g/mol. The van der Waals surface area contributed by atoms with Gasteiger partial charge >= 0.3 is 24.3 Å². The molecule has 4 aliphatic heterocycles. The number of Topliss-reactive ketones (excluding diaryl/α,β-unsaturated/α-hetero) is 2. The van der Waals surface area contributed by atoms with Crippen LogP contribution in [0.2, 0.25) is 0 Å². The summed E-state index contributed by atoms with van der Waals surface area (Å²) in [7, 11) is -2.03. The standard InChI is InChI=1S/2C41H52F3N3O10S/c2*1-24-10-6-7-11-26-19-40(26,38(51)46-58(52,53)28-14-15-28)20-33(48)32-17-27(56-36-30-13-9-8-12-29(30)34(55-5)21-45-36)22-47(32)37(50)31(25(16-24)23-54-4)18-35(49)57-39(2,3)41(42,43)44/h2*7-9,11-13,21,24-28,31-32H,6,10,14-20,22-23H2,1-5H3,(H,46,51)/b2*11-7-/t24-,25+,26-,27-,31+,32+,40-;24-,25-,26+,27+,31-,32-,40+/m10/s1. The van der Waals surface area contributed by atoms with E-state index >= 15 is 0 Å². The third kappa shape index (κ3) is 20.1. The molecule has 4 aliphatic carbocycles. The maximum atomic E-state index is 15.0. The van der Waals surface area contributed by atoms with E-state index in [2.05, 4.69) is 19.4 Å². The van der Waals surface area contributed by atoms with Crippen molar-refractivity contribution in [3.63, 3.8) is 0 Å². The minimum atomic E-state index is -4.89. The van der Waals surface area contributed by atoms with Crippen LogP contribution in [0.5, 0.6) is 23.3 Å². The Morgan fingerprint density at radius 1 is 0.526 bits per heavy atom. The molecule has 0 bridgehead atoms. The van der Waals surface area contributed by atoms with Gasteiger partial charge in [-0.05, 0) is 152 Å². The monoisotopic (exact) mass is 1670 g/mol. The summed E-state index contributed by atoms with van der Waals surface area (Å²) in [5.41, 5.74) is -8.45. The van der Waals surface area contributed by atoms with Gasteiger partial charge in [0.15, 0.2) is 11.6 Å². The molecule has 2 saturated heterocycles. The molecule has 26 nitrogen and oxygen atoms in total. The summed E-state index contributed by atoms with van der Waals surface area (Å²) in [5.74, 6) is -9.83. The number of rotatable bonds is 22. The number of alkyl halides is 6. The number of ether oxygens (including phenoxy) is 8. The smallest absolute Gasteiger partial charge is 0.427 e. The number of fused-ring (bicyclic) bond motifs is 6. The van der Waals surface area contributed by atoms with E-state index in [4.69, 9.17) is 37.9 Å². The Morgan fingerprint density at radius 3 is 1.21 bits per heavy atom. The van der Waals surface area contributed by atoms with Gasteiger partial charge < -0.3 is 47.7 Å². The summed E-state index contributed by atoms with van der Waals surface area (Å²) in [5, 5.41) is 1.27. The number of amides is 4. The highest BCUT2D eigenvalue weighted by Crippen LogP contribution is 2.59. The van der Waals surface area contributed by atoms with E-state index in [-0.39, 0.29) is 88.4 Å². The van der Waals surface area contributed by atoms with E-state index in [1.807, 2.05) is 62.4 Å². The van der Waals surface area contributed by atoms with Crippen molar-refractivity contribution in [2.45, 2.75) is 215 Å². The maximum absolute atomic E-state index is 15.0. The number of aromatic nitrogens is 2. The van der Waals surface area contributed by atoms with Crippen molar-refractivity contribution in [1.82, 2.24) is 29.2 Å². The Bertz CT molecular complexity index is 4360. The van der Waals surface area contributed by atoms with Crippen molar-refractivity contribution in [3.8, 4) is 23.3 Å². The second kappa shape index (κ2) is 35.2. The van der Waals surface area contributed by atoms with Crippen LogP contribution in [0.4, 0.5) is 26.3 Å². The van der Waals surface area contributed by atoms with Crippen LogP contribution in [0.15, 0.2) is 85.2 Å². The van der Waals surface area contributed by atoms with Crippen LogP contribution in [-0.4, -0.2) is 197 Å². The van der Waals surface area contributed by atoms with E-state index in [1.54, 1.807) is 24.3 Å². The van der Waals surface area contributed by atoms with Crippen molar-refractivity contribution in [3.05, 3.63) is 85.2 Å². The van der Waals surface area contributed by atoms with Crippen molar-refractivity contribution < 1.29 is 119 Å². The molecule has 0 radical (unpaired) electrons. The van der Waals surface area contributed by atoms with Crippen molar-refractivity contribution in [2.24, 2.45) is 58.2 Å². The third-order valence-electron chi connectivity index (χ3n) is 24.0. The lowest BCUT2D eigenvalue weighted by molar-refractivity contribution is -0.257. The number of sulfonamides is 2. The summed E-state index contributed by atoms with van der Waals surface area (Å²) < 4.78 is 184. The number of carbonyl (C=O) groups excluding carboxylic acids is 8. The number of benzene rings is 2. The Hall–Kier alpha value is -8.50. The fraction of sp³-hybridized carbons (Fsp3) is 0.634. The second-order valence-corrected chi connectivity index (χ2v) is 37.5. The first-order chi connectivity index (χ1) is 54.6. The number of hydrogen-bond donors (Lipinski definition) is 2. The molecule has 8 aliphatic rings. The summed E-state index contributed by atoms with van der Waals surface area (Å²) in [4.78, 5) is 125. The molecule has 4 saturated carbocycles. The van der Waals surface area contributed by atoms with E-state index in [9.17, 15) is 81.5 Å². The lowest BCUT2D eigenvalue weighted by Crippen LogP contribution is -2.49. The highest BCUT2D eigenvalue weighted by molar-refractivity contribution is 7.91. The number of pyridine rings is 2. The second-order valence-electron chi connectivity index (χ2n) is 33.6. The van der Waals surface area contributed by atoms with E-state index < -0.39 is 185 Å². The van der Waals surface area contributed by atoms with Crippen LogP contribution in [0.3, 0.4) is 0 Å². The maximum Gasteiger partial charge on any atom is 0.427 e. The molecule has 2 aromatic carbocycles. The molecule has 12 rings (SSSR count). The predicted octanol–water partition coefficient (Wildman–Crippen LogP) is 11.4.